The number of halogens is 1. The summed E-state index contributed by atoms with van der Waals surface area (Å²) in [5.74, 6) is 0. The molecule has 17 heavy (non-hydrogen) atoms. The van der Waals surface area contributed by atoms with Crippen LogP contribution in [0.15, 0.2) is 16.7 Å². The van der Waals surface area contributed by atoms with E-state index in [2.05, 4.69) is 66.2 Å². The van der Waals surface area contributed by atoms with Crippen molar-refractivity contribution in [3.63, 3.8) is 0 Å². The normalized spacial score (nSPS) is 12.5. The van der Waals surface area contributed by atoms with Crippen LogP contribution in [0.2, 0.25) is 0 Å². The highest BCUT2D eigenvalue weighted by molar-refractivity contribution is 9.10. The van der Waals surface area contributed by atoms with Gasteiger partial charge in [0.15, 0.2) is 0 Å². The molecule has 0 radical (unpaired) electrons. The molecule has 0 aliphatic rings. The summed E-state index contributed by atoms with van der Waals surface area (Å²) in [6.45, 7) is 10.5. The van der Waals surface area contributed by atoms with Crippen LogP contribution in [0.4, 0.5) is 0 Å². The van der Waals surface area contributed by atoms with Gasteiger partial charge in [0.1, 0.15) is 0 Å². The van der Waals surface area contributed by atoms with Gasteiger partial charge in [0, 0.05) is 12.1 Å². The van der Waals surface area contributed by atoms with E-state index >= 15 is 0 Å². The van der Waals surface area contributed by atoms with E-state index < -0.39 is 0 Å². The maximum absolute atomic E-state index is 4.28. The van der Waals surface area contributed by atoms with Crippen molar-refractivity contribution in [3.05, 3.63) is 22.4 Å². The van der Waals surface area contributed by atoms with E-state index in [1.165, 1.54) is 0 Å². The molecule has 1 aromatic heterocycles. The van der Waals surface area contributed by atoms with Gasteiger partial charge >= 0.3 is 0 Å². The zero-order chi connectivity index (χ0) is 12.9. The quantitative estimate of drug-likeness (QED) is 0.844. The second-order valence-electron chi connectivity index (χ2n) is 5.06. The van der Waals surface area contributed by atoms with Gasteiger partial charge < -0.3 is 5.32 Å². The maximum atomic E-state index is 4.28. The Hall–Kier alpha value is -0.610. The van der Waals surface area contributed by atoms with Crippen molar-refractivity contribution >= 4 is 22.0 Å². The number of nitrogens with zero attached hydrogens (tertiary/aromatic N) is 2. The standard InChI is InChI=1S/C13H22BrN3/c1-5-17-12(11(14)10-16-17)8-6-7-9-15-13(2,3)4/h6,8,10,15H,5,7,9H2,1-4H3/b8-6+. The highest BCUT2D eigenvalue weighted by Crippen LogP contribution is 2.17. The zero-order valence-corrected chi connectivity index (χ0v) is 12.7. The molecule has 0 saturated carbocycles. The molecule has 3 nitrogen and oxygen atoms in total. The van der Waals surface area contributed by atoms with Gasteiger partial charge in [-0.15, -0.1) is 0 Å². The van der Waals surface area contributed by atoms with Crippen LogP contribution < -0.4 is 5.32 Å². The number of rotatable bonds is 5. The van der Waals surface area contributed by atoms with E-state index in [-0.39, 0.29) is 5.54 Å². The molecular weight excluding hydrogens is 278 g/mol. The smallest absolute Gasteiger partial charge is 0.0748 e. The molecule has 0 bridgehead atoms. The summed E-state index contributed by atoms with van der Waals surface area (Å²) >= 11 is 3.51. The molecule has 0 spiro atoms. The summed E-state index contributed by atoms with van der Waals surface area (Å²) in [6.07, 6.45) is 7.19. The number of nitrogens with one attached hydrogen (secondary N) is 1. The second-order valence-corrected chi connectivity index (χ2v) is 5.92. The average Bonchev–Trinajstić information content (AvgIpc) is 2.58. The molecule has 0 aliphatic heterocycles. The number of hydrogen-bond donors (Lipinski definition) is 1. The van der Waals surface area contributed by atoms with Crippen LogP contribution in [0.1, 0.15) is 39.8 Å². The molecule has 0 aromatic carbocycles. The Morgan fingerprint density at radius 1 is 1.47 bits per heavy atom. The Kier molecular flexibility index (Phi) is 5.40. The molecule has 0 atom stereocenters. The number of aromatic nitrogens is 2. The van der Waals surface area contributed by atoms with Crippen LogP contribution in [-0.4, -0.2) is 21.9 Å². The first-order valence-electron chi connectivity index (χ1n) is 6.07. The zero-order valence-electron chi connectivity index (χ0n) is 11.1. The Morgan fingerprint density at radius 2 is 2.18 bits per heavy atom. The largest absolute Gasteiger partial charge is 0.312 e. The summed E-state index contributed by atoms with van der Waals surface area (Å²) in [6, 6.07) is 0. The average molecular weight is 300 g/mol. The Morgan fingerprint density at radius 3 is 2.76 bits per heavy atom. The first-order valence-corrected chi connectivity index (χ1v) is 6.86. The predicted octanol–water partition coefficient (Wildman–Crippen LogP) is 3.46. The van der Waals surface area contributed by atoms with E-state index in [9.17, 15) is 0 Å². The Labute approximate surface area is 112 Å². The number of hydrogen-bond acceptors (Lipinski definition) is 2. The van der Waals surface area contributed by atoms with Crippen molar-refractivity contribution in [2.75, 3.05) is 6.54 Å². The van der Waals surface area contributed by atoms with Crippen LogP contribution in [0.5, 0.6) is 0 Å². The van der Waals surface area contributed by atoms with Crippen LogP contribution in [-0.2, 0) is 6.54 Å². The lowest BCUT2D eigenvalue weighted by atomic mass is 10.1. The molecule has 1 aromatic rings. The molecule has 96 valence electrons. The minimum absolute atomic E-state index is 0.194. The second kappa shape index (κ2) is 6.36. The van der Waals surface area contributed by atoms with Crippen LogP contribution in [0.3, 0.4) is 0 Å². The van der Waals surface area contributed by atoms with Gasteiger partial charge in [-0.05, 0) is 62.7 Å². The molecule has 0 saturated heterocycles. The molecule has 0 fully saturated rings. The van der Waals surface area contributed by atoms with Crippen LogP contribution >= 0.6 is 15.9 Å². The van der Waals surface area contributed by atoms with Crippen molar-refractivity contribution in [2.45, 2.75) is 46.2 Å². The molecule has 0 aliphatic carbocycles. The third kappa shape index (κ3) is 5.04. The minimum atomic E-state index is 0.194. The molecule has 1 rings (SSSR count). The van der Waals surface area contributed by atoms with E-state index in [0.29, 0.717) is 0 Å². The summed E-state index contributed by atoms with van der Waals surface area (Å²) in [7, 11) is 0. The van der Waals surface area contributed by atoms with Crippen molar-refractivity contribution in [2.24, 2.45) is 0 Å². The summed E-state index contributed by atoms with van der Waals surface area (Å²) in [5.41, 5.74) is 1.34. The van der Waals surface area contributed by atoms with E-state index in [1.54, 1.807) is 0 Å². The summed E-state index contributed by atoms with van der Waals surface area (Å²) in [4.78, 5) is 0. The maximum Gasteiger partial charge on any atom is 0.0748 e. The molecule has 1 N–H and O–H groups in total. The summed E-state index contributed by atoms with van der Waals surface area (Å²) < 4.78 is 3.04. The van der Waals surface area contributed by atoms with Gasteiger partial charge in [0.2, 0.25) is 0 Å². The molecule has 0 unspecified atom stereocenters. The van der Waals surface area contributed by atoms with Gasteiger partial charge in [0.25, 0.3) is 0 Å². The SMILES string of the molecule is CCn1ncc(Br)c1/C=C/CCNC(C)(C)C. The highest BCUT2D eigenvalue weighted by atomic mass is 79.9. The fourth-order valence-corrected chi connectivity index (χ4v) is 1.94. The van der Waals surface area contributed by atoms with Gasteiger partial charge in [0.05, 0.1) is 16.4 Å². The third-order valence-corrected chi connectivity index (χ3v) is 2.99. The van der Waals surface area contributed by atoms with Crippen LogP contribution in [0.25, 0.3) is 6.08 Å². The number of aryl methyl sites for hydroxylation is 1. The van der Waals surface area contributed by atoms with E-state index in [0.717, 1.165) is 29.7 Å². The minimum Gasteiger partial charge on any atom is -0.312 e. The fourth-order valence-electron chi connectivity index (χ4n) is 1.52. The topological polar surface area (TPSA) is 29.9 Å². The Balaban J connectivity index is 2.45. The van der Waals surface area contributed by atoms with E-state index in [4.69, 9.17) is 0 Å². The van der Waals surface area contributed by atoms with Gasteiger partial charge in [-0.2, -0.15) is 5.10 Å². The monoisotopic (exact) mass is 299 g/mol. The summed E-state index contributed by atoms with van der Waals surface area (Å²) in [5, 5.41) is 7.74. The van der Waals surface area contributed by atoms with Gasteiger partial charge in [-0.3, -0.25) is 4.68 Å². The van der Waals surface area contributed by atoms with E-state index in [1.807, 2.05) is 10.9 Å². The highest BCUT2D eigenvalue weighted by Gasteiger charge is 2.06. The van der Waals surface area contributed by atoms with Gasteiger partial charge in [-0.25, -0.2) is 0 Å². The lowest BCUT2D eigenvalue weighted by Gasteiger charge is -2.19. The van der Waals surface area contributed by atoms with Crippen molar-refractivity contribution in [1.82, 2.24) is 15.1 Å². The lowest BCUT2D eigenvalue weighted by Crippen LogP contribution is -2.36. The van der Waals surface area contributed by atoms with Crippen molar-refractivity contribution < 1.29 is 0 Å². The fraction of sp³-hybridized carbons (Fsp3) is 0.615. The molecule has 4 heteroatoms. The predicted molar refractivity (Wildman–Crippen MR) is 77.0 cm³/mol. The third-order valence-electron chi connectivity index (χ3n) is 2.37. The van der Waals surface area contributed by atoms with Crippen LogP contribution in [0, 0.1) is 0 Å². The Bertz CT molecular complexity index is 375. The molecule has 0 amide bonds. The molecular formula is C13H22BrN3. The molecule has 1 heterocycles. The first-order chi connectivity index (χ1) is 7.94. The lowest BCUT2D eigenvalue weighted by molar-refractivity contribution is 0.431. The van der Waals surface area contributed by atoms with Gasteiger partial charge in [-0.1, -0.05) is 6.08 Å². The van der Waals surface area contributed by atoms with Crippen molar-refractivity contribution in [3.8, 4) is 0 Å². The first kappa shape index (κ1) is 14.5. The van der Waals surface area contributed by atoms with Crippen molar-refractivity contribution in [1.29, 1.82) is 0 Å².